The third-order valence-electron chi connectivity index (χ3n) is 2.25. The highest BCUT2D eigenvalue weighted by atomic mass is 79.9. The molecule has 3 N–H and O–H groups in total. The summed E-state index contributed by atoms with van der Waals surface area (Å²) in [5, 5.41) is 11.7. The monoisotopic (exact) mass is 316 g/mol. The number of amides is 1. The number of aromatic nitrogens is 2. The SMILES string of the molecule is CC(C)CNC(=O)C(C)Nc1cn[nH]c(=O)c1Br. The first-order valence-corrected chi connectivity index (χ1v) is 6.48. The number of nitrogens with zero attached hydrogens (tertiary/aromatic N) is 1. The van der Waals surface area contributed by atoms with Crippen LogP contribution in [0, 0.1) is 5.92 Å². The number of H-pyrrole nitrogens is 1. The molecule has 0 bridgehead atoms. The molecule has 1 atom stereocenters. The Hall–Kier alpha value is -1.37. The lowest BCUT2D eigenvalue weighted by Crippen LogP contribution is -2.39. The Morgan fingerprint density at radius 2 is 2.17 bits per heavy atom. The molecule has 0 saturated carbocycles. The number of aromatic amines is 1. The first-order chi connectivity index (χ1) is 8.41. The van der Waals surface area contributed by atoms with Gasteiger partial charge >= 0.3 is 0 Å². The number of rotatable bonds is 5. The normalized spacial score (nSPS) is 12.3. The van der Waals surface area contributed by atoms with Crippen molar-refractivity contribution in [3.05, 3.63) is 21.0 Å². The molecule has 0 aliphatic heterocycles. The lowest BCUT2D eigenvalue weighted by Gasteiger charge is -2.16. The van der Waals surface area contributed by atoms with Gasteiger partial charge in [0.1, 0.15) is 10.5 Å². The second kappa shape index (κ2) is 6.53. The zero-order valence-corrected chi connectivity index (χ0v) is 12.2. The van der Waals surface area contributed by atoms with E-state index in [2.05, 4.69) is 36.8 Å². The van der Waals surface area contributed by atoms with Crippen molar-refractivity contribution in [2.75, 3.05) is 11.9 Å². The van der Waals surface area contributed by atoms with Gasteiger partial charge in [0.05, 0.1) is 11.9 Å². The van der Waals surface area contributed by atoms with E-state index in [1.165, 1.54) is 6.20 Å². The van der Waals surface area contributed by atoms with Gasteiger partial charge in [-0.05, 0) is 28.8 Å². The number of carbonyl (C=O) groups is 1. The molecule has 18 heavy (non-hydrogen) atoms. The van der Waals surface area contributed by atoms with Crippen molar-refractivity contribution in [3.63, 3.8) is 0 Å². The summed E-state index contributed by atoms with van der Waals surface area (Å²) in [5.74, 6) is 0.282. The maximum atomic E-state index is 11.8. The molecule has 0 aromatic carbocycles. The molecule has 0 fully saturated rings. The van der Waals surface area contributed by atoms with E-state index in [1.807, 2.05) is 13.8 Å². The van der Waals surface area contributed by atoms with E-state index in [-0.39, 0.29) is 11.5 Å². The van der Waals surface area contributed by atoms with E-state index in [0.29, 0.717) is 22.6 Å². The van der Waals surface area contributed by atoms with Gasteiger partial charge in [-0.25, -0.2) is 5.10 Å². The van der Waals surface area contributed by atoms with Crippen LogP contribution in [0.5, 0.6) is 0 Å². The van der Waals surface area contributed by atoms with E-state index in [4.69, 9.17) is 0 Å². The fraction of sp³-hybridized carbons (Fsp3) is 0.545. The molecule has 1 heterocycles. The summed E-state index contributed by atoms with van der Waals surface area (Å²) in [5.41, 5.74) is 0.153. The maximum Gasteiger partial charge on any atom is 0.280 e. The number of nitrogens with one attached hydrogen (secondary N) is 3. The minimum absolute atomic E-state index is 0.115. The highest BCUT2D eigenvalue weighted by Crippen LogP contribution is 2.16. The van der Waals surface area contributed by atoms with Crippen molar-refractivity contribution < 1.29 is 4.79 Å². The molecule has 0 saturated heterocycles. The molecule has 1 unspecified atom stereocenters. The van der Waals surface area contributed by atoms with Gasteiger partial charge in [0.2, 0.25) is 5.91 Å². The van der Waals surface area contributed by atoms with Crippen LogP contribution in [-0.2, 0) is 4.79 Å². The molecule has 1 rings (SSSR count). The molecular formula is C11H17BrN4O2. The van der Waals surface area contributed by atoms with E-state index in [1.54, 1.807) is 6.92 Å². The first kappa shape index (κ1) is 14.7. The van der Waals surface area contributed by atoms with Gasteiger partial charge in [-0.15, -0.1) is 0 Å². The average Bonchev–Trinajstić information content (AvgIpc) is 2.31. The standard InChI is InChI=1S/C11H17BrN4O2/c1-6(2)4-13-10(17)7(3)15-8-5-14-16-11(18)9(8)12/h5-7H,4H2,1-3H3,(H,13,17)(H2,15,16,18). The van der Waals surface area contributed by atoms with Crippen LogP contribution in [0.25, 0.3) is 0 Å². The minimum atomic E-state index is -0.441. The van der Waals surface area contributed by atoms with Gasteiger partial charge in [0.15, 0.2) is 0 Å². The Balaban J connectivity index is 2.64. The van der Waals surface area contributed by atoms with Gasteiger partial charge in [0, 0.05) is 6.54 Å². The molecule has 0 aliphatic rings. The third kappa shape index (κ3) is 4.14. The summed E-state index contributed by atoms with van der Waals surface area (Å²) in [4.78, 5) is 23.1. The van der Waals surface area contributed by atoms with Crippen LogP contribution in [0.2, 0.25) is 0 Å². The van der Waals surface area contributed by atoms with E-state index < -0.39 is 6.04 Å². The Kier molecular flexibility index (Phi) is 5.33. The maximum absolute atomic E-state index is 11.8. The van der Waals surface area contributed by atoms with Gasteiger partial charge in [0.25, 0.3) is 5.56 Å². The molecule has 1 aromatic heterocycles. The topological polar surface area (TPSA) is 86.9 Å². The number of carbonyl (C=O) groups excluding carboxylic acids is 1. The second-order valence-electron chi connectivity index (χ2n) is 4.43. The fourth-order valence-corrected chi connectivity index (χ4v) is 1.55. The second-order valence-corrected chi connectivity index (χ2v) is 5.22. The average molecular weight is 317 g/mol. The predicted octanol–water partition coefficient (Wildman–Crippen LogP) is 1.10. The van der Waals surface area contributed by atoms with Crippen molar-refractivity contribution in [1.82, 2.24) is 15.5 Å². The van der Waals surface area contributed by atoms with Crippen molar-refractivity contribution >= 4 is 27.5 Å². The minimum Gasteiger partial charge on any atom is -0.372 e. The van der Waals surface area contributed by atoms with E-state index >= 15 is 0 Å². The summed E-state index contributed by atoms with van der Waals surface area (Å²) in [6.45, 7) is 6.40. The van der Waals surface area contributed by atoms with Crippen LogP contribution < -0.4 is 16.2 Å². The molecule has 1 amide bonds. The smallest absolute Gasteiger partial charge is 0.280 e. The molecule has 100 valence electrons. The summed E-state index contributed by atoms with van der Waals surface area (Å²) < 4.78 is 0.334. The Bertz CT molecular complexity index is 472. The fourth-order valence-electron chi connectivity index (χ4n) is 1.24. The first-order valence-electron chi connectivity index (χ1n) is 5.69. The molecular weight excluding hydrogens is 300 g/mol. The Morgan fingerprint density at radius 1 is 1.50 bits per heavy atom. The van der Waals surface area contributed by atoms with Crippen LogP contribution in [0.3, 0.4) is 0 Å². The largest absolute Gasteiger partial charge is 0.372 e. The van der Waals surface area contributed by atoms with Gasteiger partial charge in [-0.3, -0.25) is 9.59 Å². The zero-order valence-electron chi connectivity index (χ0n) is 10.6. The van der Waals surface area contributed by atoms with Crippen LogP contribution >= 0.6 is 15.9 Å². The molecule has 0 spiro atoms. The number of halogens is 1. The van der Waals surface area contributed by atoms with E-state index in [9.17, 15) is 9.59 Å². The molecule has 0 radical (unpaired) electrons. The molecule has 6 nitrogen and oxygen atoms in total. The van der Waals surface area contributed by atoms with E-state index in [0.717, 1.165) is 0 Å². The zero-order chi connectivity index (χ0) is 13.7. The summed E-state index contributed by atoms with van der Waals surface area (Å²) in [6.07, 6.45) is 1.46. The van der Waals surface area contributed by atoms with Gasteiger partial charge in [-0.1, -0.05) is 13.8 Å². The number of hydrogen-bond donors (Lipinski definition) is 3. The Morgan fingerprint density at radius 3 is 2.78 bits per heavy atom. The van der Waals surface area contributed by atoms with Crippen molar-refractivity contribution in [2.24, 2.45) is 5.92 Å². The number of anilines is 1. The molecule has 7 heteroatoms. The van der Waals surface area contributed by atoms with Crippen LogP contribution in [0.1, 0.15) is 20.8 Å². The van der Waals surface area contributed by atoms with Crippen LogP contribution in [-0.4, -0.2) is 28.7 Å². The third-order valence-corrected chi connectivity index (χ3v) is 3.03. The van der Waals surface area contributed by atoms with Gasteiger partial charge < -0.3 is 10.6 Å². The van der Waals surface area contributed by atoms with Crippen LogP contribution in [0.4, 0.5) is 5.69 Å². The van der Waals surface area contributed by atoms with Crippen molar-refractivity contribution in [2.45, 2.75) is 26.8 Å². The van der Waals surface area contributed by atoms with Crippen LogP contribution in [0.15, 0.2) is 15.5 Å². The highest BCUT2D eigenvalue weighted by molar-refractivity contribution is 9.10. The predicted molar refractivity (Wildman–Crippen MR) is 73.5 cm³/mol. The summed E-state index contributed by atoms with van der Waals surface area (Å²) >= 11 is 3.14. The molecule has 1 aromatic rings. The lowest BCUT2D eigenvalue weighted by atomic mass is 10.2. The Labute approximate surface area is 114 Å². The number of hydrogen-bond acceptors (Lipinski definition) is 4. The van der Waals surface area contributed by atoms with Crippen molar-refractivity contribution in [3.8, 4) is 0 Å². The summed E-state index contributed by atoms with van der Waals surface area (Å²) in [6, 6.07) is -0.441. The molecule has 0 aliphatic carbocycles. The highest BCUT2D eigenvalue weighted by Gasteiger charge is 2.14. The summed E-state index contributed by atoms with van der Waals surface area (Å²) in [7, 11) is 0. The quantitative estimate of drug-likeness (QED) is 0.759. The van der Waals surface area contributed by atoms with Crippen molar-refractivity contribution in [1.29, 1.82) is 0 Å². The lowest BCUT2D eigenvalue weighted by molar-refractivity contribution is -0.121. The van der Waals surface area contributed by atoms with Gasteiger partial charge in [-0.2, -0.15) is 5.10 Å².